The monoisotopic (exact) mass is 194 g/mol. The van der Waals surface area contributed by atoms with Gasteiger partial charge in [-0.15, -0.1) is 0 Å². The Morgan fingerprint density at radius 3 is 2.36 bits per heavy atom. The van der Waals surface area contributed by atoms with E-state index in [9.17, 15) is 0 Å². The van der Waals surface area contributed by atoms with E-state index in [-0.39, 0.29) is 0 Å². The molecule has 0 N–H and O–H groups in total. The second-order valence-electron chi connectivity index (χ2n) is 4.53. The molecule has 80 valence electrons. The predicted octanol–water partition coefficient (Wildman–Crippen LogP) is 2.80. The molecule has 1 heterocycles. The number of unbranched alkanes of at least 4 members (excludes halogenated alkanes) is 2. The summed E-state index contributed by atoms with van der Waals surface area (Å²) in [7, 11) is 0. The normalized spacial score (nSPS) is 20.1. The van der Waals surface area contributed by atoms with Crippen LogP contribution in [-0.4, -0.2) is 24.5 Å². The van der Waals surface area contributed by atoms with E-state index in [0.717, 1.165) is 12.8 Å². The highest BCUT2D eigenvalue weighted by Gasteiger charge is 2.38. The molecule has 1 fully saturated rings. The Morgan fingerprint density at radius 2 is 1.86 bits per heavy atom. The molecule has 0 aromatic rings. The van der Waals surface area contributed by atoms with E-state index in [1.54, 1.807) is 0 Å². The lowest BCUT2D eigenvalue weighted by Gasteiger charge is -2.50. The lowest BCUT2D eigenvalue weighted by molar-refractivity contribution is -0.00654. The van der Waals surface area contributed by atoms with E-state index in [1.165, 1.54) is 38.9 Å². The van der Waals surface area contributed by atoms with Gasteiger partial charge in [-0.1, -0.05) is 13.8 Å². The smallest absolute Gasteiger partial charge is 0.0621 e. The molecule has 0 atom stereocenters. The van der Waals surface area contributed by atoms with Crippen molar-refractivity contribution in [2.45, 2.75) is 46.0 Å². The highest BCUT2D eigenvalue weighted by molar-refractivity contribution is 4.92. The summed E-state index contributed by atoms with van der Waals surface area (Å²) in [5.74, 6) is 0. The summed E-state index contributed by atoms with van der Waals surface area (Å²) in [5, 5.41) is 8.40. The SMILES string of the molecule is CCC1(CC)CN(CCCCC#N)C1. The van der Waals surface area contributed by atoms with Crippen molar-refractivity contribution in [1.29, 1.82) is 5.26 Å². The van der Waals surface area contributed by atoms with Gasteiger partial charge in [0.15, 0.2) is 0 Å². The zero-order chi connectivity index (χ0) is 10.4. The van der Waals surface area contributed by atoms with Gasteiger partial charge in [0, 0.05) is 19.5 Å². The fraction of sp³-hybridized carbons (Fsp3) is 0.917. The first kappa shape index (κ1) is 11.5. The Labute approximate surface area is 87.9 Å². The number of nitrogens with zero attached hydrogens (tertiary/aromatic N) is 2. The van der Waals surface area contributed by atoms with Crippen LogP contribution in [0.4, 0.5) is 0 Å². The average Bonchev–Trinajstić information content (AvgIpc) is 2.16. The van der Waals surface area contributed by atoms with Gasteiger partial charge in [-0.05, 0) is 37.6 Å². The van der Waals surface area contributed by atoms with Crippen molar-refractivity contribution in [3.05, 3.63) is 0 Å². The Hall–Kier alpha value is -0.550. The molecular weight excluding hydrogens is 172 g/mol. The van der Waals surface area contributed by atoms with Crippen molar-refractivity contribution < 1.29 is 0 Å². The van der Waals surface area contributed by atoms with Crippen LogP contribution < -0.4 is 0 Å². The molecule has 14 heavy (non-hydrogen) atoms. The molecule has 0 radical (unpaired) electrons. The van der Waals surface area contributed by atoms with Gasteiger partial charge in [-0.25, -0.2) is 0 Å². The first-order valence-electron chi connectivity index (χ1n) is 5.85. The molecule has 1 saturated heterocycles. The van der Waals surface area contributed by atoms with Crippen LogP contribution in [0.1, 0.15) is 46.0 Å². The van der Waals surface area contributed by atoms with Crippen LogP contribution >= 0.6 is 0 Å². The van der Waals surface area contributed by atoms with Gasteiger partial charge < -0.3 is 4.90 Å². The summed E-state index contributed by atoms with van der Waals surface area (Å²) in [5.41, 5.74) is 0.634. The molecule has 0 spiro atoms. The van der Waals surface area contributed by atoms with Gasteiger partial charge in [-0.3, -0.25) is 0 Å². The molecule has 1 rings (SSSR count). The zero-order valence-electron chi connectivity index (χ0n) is 9.55. The molecule has 0 amide bonds. The Bertz CT molecular complexity index is 193. The number of hydrogen-bond donors (Lipinski definition) is 0. The first-order valence-corrected chi connectivity index (χ1v) is 5.85. The minimum Gasteiger partial charge on any atom is -0.302 e. The van der Waals surface area contributed by atoms with Gasteiger partial charge in [0.1, 0.15) is 0 Å². The molecule has 2 nitrogen and oxygen atoms in total. The van der Waals surface area contributed by atoms with Gasteiger partial charge in [-0.2, -0.15) is 5.26 Å². The van der Waals surface area contributed by atoms with Crippen LogP contribution in [0, 0.1) is 16.7 Å². The molecule has 0 aromatic heterocycles. The number of hydrogen-bond acceptors (Lipinski definition) is 2. The van der Waals surface area contributed by atoms with E-state index in [4.69, 9.17) is 5.26 Å². The van der Waals surface area contributed by atoms with Gasteiger partial charge in [0.05, 0.1) is 6.07 Å². The third-order valence-corrected chi connectivity index (χ3v) is 3.63. The van der Waals surface area contributed by atoms with Crippen molar-refractivity contribution >= 4 is 0 Å². The van der Waals surface area contributed by atoms with E-state index in [1.807, 2.05) is 0 Å². The molecule has 2 heteroatoms. The van der Waals surface area contributed by atoms with E-state index < -0.39 is 0 Å². The number of nitriles is 1. The minimum absolute atomic E-state index is 0.634. The number of likely N-dealkylation sites (tertiary alicyclic amines) is 1. The molecule has 0 bridgehead atoms. The van der Waals surface area contributed by atoms with Crippen molar-refractivity contribution in [3.63, 3.8) is 0 Å². The second-order valence-corrected chi connectivity index (χ2v) is 4.53. The summed E-state index contributed by atoms with van der Waals surface area (Å²) in [4.78, 5) is 2.53. The quantitative estimate of drug-likeness (QED) is 0.608. The van der Waals surface area contributed by atoms with Crippen molar-refractivity contribution in [1.82, 2.24) is 4.90 Å². The van der Waals surface area contributed by atoms with E-state index in [0.29, 0.717) is 5.41 Å². The fourth-order valence-electron chi connectivity index (χ4n) is 2.30. The summed E-state index contributed by atoms with van der Waals surface area (Å²) in [6.07, 6.45) is 5.62. The van der Waals surface area contributed by atoms with Crippen LogP contribution in [0.25, 0.3) is 0 Å². The topological polar surface area (TPSA) is 27.0 Å². The second kappa shape index (κ2) is 5.36. The Balaban J connectivity index is 2.06. The fourth-order valence-corrected chi connectivity index (χ4v) is 2.30. The van der Waals surface area contributed by atoms with Crippen molar-refractivity contribution in [3.8, 4) is 6.07 Å². The molecular formula is C12H22N2. The highest BCUT2D eigenvalue weighted by atomic mass is 15.2. The average molecular weight is 194 g/mol. The Kier molecular flexibility index (Phi) is 4.41. The van der Waals surface area contributed by atoms with Crippen LogP contribution in [-0.2, 0) is 0 Å². The lowest BCUT2D eigenvalue weighted by atomic mass is 9.75. The minimum atomic E-state index is 0.634. The predicted molar refractivity (Wildman–Crippen MR) is 58.9 cm³/mol. The highest BCUT2D eigenvalue weighted by Crippen LogP contribution is 2.36. The maximum atomic E-state index is 8.40. The maximum absolute atomic E-state index is 8.40. The van der Waals surface area contributed by atoms with Crippen LogP contribution in [0.3, 0.4) is 0 Å². The number of rotatable bonds is 6. The van der Waals surface area contributed by atoms with Crippen molar-refractivity contribution in [2.24, 2.45) is 5.41 Å². The van der Waals surface area contributed by atoms with Crippen LogP contribution in [0.15, 0.2) is 0 Å². The molecule has 0 aliphatic carbocycles. The van der Waals surface area contributed by atoms with Crippen LogP contribution in [0.2, 0.25) is 0 Å². The third-order valence-electron chi connectivity index (χ3n) is 3.63. The lowest BCUT2D eigenvalue weighted by Crippen LogP contribution is -2.55. The maximum Gasteiger partial charge on any atom is 0.0621 e. The van der Waals surface area contributed by atoms with Gasteiger partial charge >= 0.3 is 0 Å². The van der Waals surface area contributed by atoms with Crippen molar-refractivity contribution in [2.75, 3.05) is 19.6 Å². The van der Waals surface area contributed by atoms with Crippen LogP contribution in [0.5, 0.6) is 0 Å². The molecule has 1 aliphatic rings. The molecule has 0 saturated carbocycles. The first-order chi connectivity index (χ1) is 6.76. The zero-order valence-corrected chi connectivity index (χ0v) is 9.55. The molecule has 1 aliphatic heterocycles. The summed E-state index contributed by atoms with van der Waals surface area (Å²) in [6.45, 7) is 8.37. The van der Waals surface area contributed by atoms with Gasteiger partial charge in [0.25, 0.3) is 0 Å². The summed E-state index contributed by atoms with van der Waals surface area (Å²) >= 11 is 0. The summed E-state index contributed by atoms with van der Waals surface area (Å²) in [6, 6.07) is 2.20. The summed E-state index contributed by atoms with van der Waals surface area (Å²) < 4.78 is 0. The molecule has 0 unspecified atom stereocenters. The van der Waals surface area contributed by atoms with E-state index >= 15 is 0 Å². The Morgan fingerprint density at radius 1 is 1.21 bits per heavy atom. The third kappa shape index (κ3) is 2.72. The largest absolute Gasteiger partial charge is 0.302 e. The standard InChI is InChI=1S/C12H22N2/c1-3-12(4-2)10-14(11-12)9-7-5-6-8-13/h3-7,9-11H2,1-2H3. The van der Waals surface area contributed by atoms with E-state index in [2.05, 4.69) is 24.8 Å². The molecule has 0 aromatic carbocycles. The van der Waals surface area contributed by atoms with Gasteiger partial charge in [0.2, 0.25) is 0 Å².